The van der Waals surface area contributed by atoms with Gasteiger partial charge in [-0.2, -0.15) is 26.0 Å². The fraction of sp³-hybridized carbons (Fsp3) is 0.656. The molecule has 7 nitrogen and oxygen atoms in total. The average Bonchev–Trinajstić information content (AvgIpc) is 3.69. The van der Waals surface area contributed by atoms with E-state index in [4.69, 9.17) is 17.8 Å². The lowest BCUT2D eigenvalue weighted by Crippen LogP contribution is -2.55. The van der Waals surface area contributed by atoms with Gasteiger partial charge in [0.25, 0.3) is 0 Å². The number of carbonyl (C=O) groups excluding carboxylic acids is 1. The van der Waals surface area contributed by atoms with E-state index >= 15 is 17.6 Å². The topological polar surface area (TPSA) is 88.1 Å². The van der Waals surface area contributed by atoms with Crippen LogP contribution in [0.4, 0.5) is 22.4 Å². The lowest BCUT2D eigenvalue weighted by molar-refractivity contribution is -0.209. The summed E-state index contributed by atoms with van der Waals surface area (Å²) in [6.07, 6.45) is 0.648. The third-order valence-corrected chi connectivity index (χ3v) is 14.7. The van der Waals surface area contributed by atoms with E-state index in [1.807, 2.05) is 6.92 Å². The zero-order chi connectivity index (χ0) is 32.8. The van der Waals surface area contributed by atoms with Crippen LogP contribution >= 0.6 is 10.3 Å². The molecule has 0 radical (unpaired) electrons. The van der Waals surface area contributed by atoms with E-state index in [1.165, 1.54) is 0 Å². The van der Waals surface area contributed by atoms with Crippen LogP contribution in [-0.2, 0) is 23.2 Å². The Morgan fingerprint density at radius 2 is 1.62 bits per heavy atom. The molecule has 2 saturated carbocycles. The number of benzene rings is 2. The number of alkyl halides is 4. The van der Waals surface area contributed by atoms with Crippen LogP contribution in [0.15, 0.2) is 41.3 Å². The number of carbonyl (C=O) groups is 1. The van der Waals surface area contributed by atoms with Gasteiger partial charge in [0.05, 0.1) is 6.61 Å². The summed E-state index contributed by atoms with van der Waals surface area (Å²) in [6, 6.07) is 10.4. The summed E-state index contributed by atoms with van der Waals surface area (Å²) in [5.74, 6) is -7.69. The number of rotatable bonds is 11. The summed E-state index contributed by atoms with van der Waals surface area (Å²) < 4.78 is 112. The van der Waals surface area contributed by atoms with Crippen LogP contribution in [0.1, 0.15) is 72.6 Å². The van der Waals surface area contributed by atoms with Crippen molar-refractivity contribution in [1.82, 2.24) is 0 Å². The summed E-state index contributed by atoms with van der Waals surface area (Å²) >= 11 is 0. The summed E-state index contributed by atoms with van der Waals surface area (Å²) in [5.41, 5.74) is -0.900. The van der Waals surface area contributed by atoms with Crippen molar-refractivity contribution in [3.8, 4) is 5.75 Å². The minimum absolute atomic E-state index is 0.124. The fourth-order valence-corrected chi connectivity index (χ4v) is 12.9. The first-order chi connectivity index (χ1) is 21.0. The maximum atomic E-state index is 15.9. The van der Waals surface area contributed by atoms with Crippen molar-refractivity contribution < 1.29 is 48.6 Å². The van der Waals surface area contributed by atoms with Gasteiger partial charge in [0.2, 0.25) is 0 Å². The Kier molecular flexibility index (Phi) is 9.40. The molecule has 3 fully saturated rings. The standard InChI is InChI=1S/C32H42F4O7S2/c1-5-6-15-40-26-13-14-28(23-12-8-7-11-22(23)26)44(16-9-10-17-44)43-45(38,39)32(35,36)31(33,34)25-19-21-18-24(25)27(20-21)41-29(37)42-30(2,3)4/h7-8,11-14,21,24-25,27H,5-6,9-10,15-20H2,1-4H3. The predicted octanol–water partition coefficient (Wildman–Crippen LogP) is 8.83. The molecule has 3 aliphatic rings. The maximum absolute atomic E-state index is 15.9. The molecule has 252 valence electrons. The Hall–Kier alpha value is -2.25. The summed E-state index contributed by atoms with van der Waals surface area (Å²) in [7, 11) is -9.06. The Bertz CT molecular complexity index is 1500. The Morgan fingerprint density at radius 1 is 0.956 bits per heavy atom. The van der Waals surface area contributed by atoms with E-state index in [0.29, 0.717) is 40.9 Å². The molecule has 45 heavy (non-hydrogen) atoms. The number of halogens is 4. The number of hydrogen-bond donors (Lipinski definition) is 0. The third kappa shape index (κ3) is 6.50. The number of hydrogen-bond acceptors (Lipinski definition) is 7. The van der Waals surface area contributed by atoms with Crippen molar-refractivity contribution in [3.63, 3.8) is 0 Å². The van der Waals surface area contributed by atoms with E-state index in [1.54, 1.807) is 57.2 Å². The zero-order valence-corrected chi connectivity index (χ0v) is 27.7. The van der Waals surface area contributed by atoms with Crippen LogP contribution in [0, 0.1) is 17.8 Å². The van der Waals surface area contributed by atoms with Gasteiger partial charge in [-0.3, -0.25) is 0 Å². The third-order valence-electron chi connectivity index (χ3n) is 8.98. The van der Waals surface area contributed by atoms with Gasteiger partial charge in [-0.15, -0.1) is 0 Å². The van der Waals surface area contributed by atoms with Gasteiger partial charge in [-0.05, 0) is 82.7 Å². The molecule has 0 spiro atoms. The van der Waals surface area contributed by atoms with E-state index in [0.717, 1.165) is 12.8 Å². The first-order valence-corrected chi connectivity index (χ1v) is 18.9. The van der Waals surface area contributed by atoms with Gasteiger partial charge in [0.15, 0.2) is 0 Å². The molecule has 0 aromatic heterocycles. The lowest BCUT2D eigenvalue weighted by atomic mass is 9.82. The largest absolute Gasteiger partial charge is 0.509 e. The van der Waals surface area contributed by atoms with E-state index in [-0.39, 0.29) is 30.8 Å². The highest BCUT2D eigenvalue weighted by Gasteiger charge is 2.74. The Balaban J connectivity index is 1.42. The molecule has 5 rings (SSSR count). The number of ether oxygens (including phenoxy) is 3. The maximum Gasteiger partial charge on any atom is 0.509 e. The SMILES string of the molecule is CCCCOc1ccc(S2(OS(=O)(=O)C(F)(F)C(F)(F)C3CC4CC(OC(=O)OC(C)(C)C)C3C4)CCCC2)c2ccccc12. The molecule has 1 saturated heterocycles. The molecule has 1 heterocycles. The molecule has 1 aliphatic heterocycles. The van der Waals surface area contributed by atoms with E-state index in [2.05, 4.69) is 0 Å². The highest BCUT2D eigenvalue weighted by atomic mass is 32.3. The van der Waals surface area contributed by atoms with Gasteiger partial charge < -0.3 is 14.2 Å². The first-order valence-electron chi connectivity index (χ1n) is 15.6. The van der Waals surface area contributed by atoms with Crippen LogP contribution in [0.3, 0.4) is 0 Å². The molecule has 4 atom stereocenters. The zero-order valence-electron chi connectivity index (χ0n) is 26.0. The van der Waals surface area contributed by atoms with Crippen molar-refractivity contribution in [2.75, 3.05) is 18.1 Å². The predicted molar refractivity (Wildman–Crippen MR) is 165 cm³/mol. The summed E-state index contributed by atoms with van der Waals surface area (Å²) in [6.45, 7) is 7.32. The molecule has 0 N–H and O–H groups in total. The molecule has 2 aliphatic carbocycles. The summed E-state index contributed by atoms with van der Waals surface area (Å²) in [5, 5.41) is -4.27. The molecule has 4 unspecified atom stereocenters. The Labute approximate surface area is 264 Å². The van der Waals surface area contributed by atoms with Gasteiger partial charge in [-0.1, -0.05) is 47.9 Å². The van der Waals surface area contributed by atoms with E-state index < -0.39 is 67.2 Å². The first kappa shape index (κ1) is 34.1. The van der Waals surface area contributed by atoms with Gasteiger partial charge in [-0.25, -0.2) is 8.42 Å². The normalized spacial score (nSPS) is 25.8. The number of fused-ring (bicyclic) bond motifs is 3. The van der Waals surface area contributed by atoms with Crippen LogP contribution in [0.2, 0.25) is 0 Å². The lowest BCUT2D eigenvalue weighted by Gasteiger charge is -2.40. The average molecular weight is 679 g/mol. The van der Waals surface area contributed by atoms with Crippen molar-refractivity contribution in [2.45, 2.75) is 100 Å². The molecule has 13 heteroatoms. The molecule has 0 amide bonds. The van der Waals surface area contributed by atoms with Crippen LogP contribution in [-0.4, -0.2) is 55.6 Å². The van der Waals surface area contributed by atoms with E-state index in [9.17, 15) is 13.2 Å². The van der Waals surface area contributed by atoms with Crippen molar-refractivity contribution in [1.29, 1.82) is 0 Å². The molecular formula is C32H42F4O7S2. The van der Waals surface area contributed by atoms with Gasteiger partial charge in [0.1, 0.15) is 17.5 Å². The van der Waals surface area contributed by atoms with Crippen LogP contribution in [0.5, 0.6) is 5.75 Å². The molecular weight excluding hydrogens is 636 g/mol. The number of unbranched alkanes of at least 4 members (excludes halogenated alkanes) is 1. The van der Waals surface area contributed by atoms with Gasteiger partial charge in [0, 0.05) is 33.6 Å². The minimum Gasteiger partial charge on any atom is -0.493 e. The monoisotopic (exact) mass is 678 g/mol. The molecule has 2 aromatic rings. The highest BCUT2D eigenvalue weighted by molar-refractivity contribution is 8.33. The quantitative estimate of drug-likeness (QED) is 0.133. The molecule has 2 aromatic carbocycles. The Morgan fingerprint density at radius 3 is 2.24 bits per heavy atom. The van der Waals surface area contributed by atoms with Gasteiger partial charge >= 0.3 is 27.5 Å². The van der Waals surface area contributed by atoms with Crippen LogP contribution in [0.25, 0.3) is 10.8 Å². The van der Waals surface area contributed by atoms with Crippen molar-refractivity contribution in [2.24, 2.45) is 17.8 Å². The van der Waals surface area contributed by atoms with Crippen LogP contribution < -0.4 is 4.74 Å². The smallest absolute Gasteiger partial charge is 0.493 e. The van der Waals surface area contributed by atoms with Crippen molar-refractivity contribution in [3.05, 3.63) is 36.4 Å². The molecule has 2 bridgehead atoms. The highest BCUT2D eigenvalue weighted by Crippen LogP contribution is 2.67. The summed E-state index contributed by atoms with van der Waals surface area (Å²) in [4.78, 5) is 12.7. The second kappa shape index (κ2) is 12.4. The second-order valence-electron chi connectivity index (χ2n) is 13.4. The minimum atomic E-state index is -6.13. The second-order valence-corrected chi connectivity index (χ2v) is 18.2. The fourth-order valence-electron chi connectivity index (χ4n) is 6.95. The van der Waals surface area contributed by atoms with Crippen molar-refractivity contribution >= 4 is 37.4 Å².